The van der Waals surface area contributed by atoms with E-state index in [0.717, 1.165) is 42.1 Å². The van der Waals surface area contributed by atoms with E-state index < -0.39 is 11.9 Å². The minimum Gasteiger partial charge on any atom is -0.352 e. The largest absolute Gasteiger partial charge is 0.435 e. The number of pyridine rings is 1. The van der Waals surface area contributed by atoms with Gasteiger partial charge >= 0.3 is 6.18 Å². The Kier molecular flexibility index (Phi) is 6.27. The Morgan fingerprint density at radius 3 is 2.64 bits per heavy atom. The van der Waals surface area contributed by atoms with Gasteiger partial charge in [-0.15, -0.1) is 0 Å². The van der Waals surface area contributed by atoms with Crippen molar-refractivity contribution in [3.05, 3.63) is 65.2 Å². The van der Waals surface area contributed by atoms with E-state index in [4.69, 9.17) is 4.98 Å². The summed E-state index contributed by atoms with van der Waals surface area (Å²) in [6.07, 6.45) is -0.478. The SMILES string of the molecule is CCn1ncc(-c2cc(C(=O)NCCCn3nc(C(F)(F)F)cc3C3CC3)c3ccccc3n2)c1C. The van der Waals surface area contributed by atoms with Crippen LogP contribution in [-0.2, 0) is 19.3 Å². The van der Waals surface area contributed by atoms with E-state index in [2.05, 4.69) is 15.5 Å². The Bertz CT molecular complexity index is 1420. The van der Waals surface area contributed by atoms with Crippen LogP contribution in [0.1, 0.15) is 59.5 Å². The predicted octanol–water partition coefficient (Wildman–Crippen LogP) is 5.34. The molecule has 0 aliphatic heterocycles. The second-order valence-electron chi connectivity index (χ2n) is 9.09. The number of nitrogens with zero attached hydrogens (tertiary/aromatic N) is 5. The molecular weight excluding hydrogens is 469 g/mol. The zero-order valence-corrected chi connectivity index (χ0v) is 20.1. The van der Waals surface area contributed by atoms with Gasteiger partial charge in [0.2, 0.25) is 0 Å². The molecule has 1 amide bonds. The quantitative estimate of drug-likeness (QED) is 0.334. The van der Waals surface area contributed by atoms with Crippen LogP contribution in [0.15, 0.2) is 42.6 Å². The lowest BCUT2D eigenvalue weighted by Gasteiger charge is -2.11. The summed E-state index contributed by atoms with van der Waals surface area (Å²) in [4.78, 5) is 17.9. The van der Waals surface area contributed by atoms with Crippen LogP contribution in [0.25, 0.3) is 22.2 Å². The van der Waals surface area contributed by atoms with Gasteiger partial charge in [0.05, 0.1) is 23.0 Å². The summed E-state index contributed by atoms with van der Waals surface area (Å²) in [5, 5.41) is 11.8. The maximum Gasteiger partial charge on any atom is 0.435 e. The Labute approximate surface area is 206 Å². The summed E-state index contributed by atoms with van der Waals surface area (Å²) >= 11 is 0. The Hall–Kier alpha value is -3.69. The van der Waals surface area contributed by atoms with Crippen molar-refractivity contribution in [3.8, 4) is 11.3 Å². The number of hydrogen-bond acceptors (Lipinski definition) is 4. The molecule has 3 aromatic heterocycles. The second-order valence-corrected chi connectivity index (χ2v) is 9.09. The minimum atomic E-state index is -4.46. The Morgan fingerprint density at radius 1 is 1.17 bits per heavy atom. The van der Waals surface area contributed by atoms with Gasteiger partial charge in [-0.05, 0) is 51.3 Å². The van der Waals surface area contributed by atoms with Gasteiger partial charge in [-0.3, -0.25) is 14.2 Å². The molecule has 1 saturated carbocycles. The van der Waals surface area contributed by atoms with Crippen LogP contribution in [0.4, 0.5) is 13.2 Å². The molecule has 7 nitrogen and oxygen atoms in total. The van der Waals surface area contributed by atoms with E-state index in [0.29, 0.717) is 42.0 Å². The average molecular weight is 497 g/mol. The summed E-state index contributed by atoms with van der Waals surface area (Å²) in [6.45, 7) is 5.33. The fourth-order valence-corrected chi connectivity index (χ4v) is 4.50. The number of nitrogens with one attached hydrogen (secondary N) is 1. The third kappa shape index (κ3) is 4.72. The molecule has 1 fully saturated rings. The number of amides is 1. The van der Waals surface area contributed by atoms with Crippen molar-refractivity contribution in [3.63, 3.8) is 0 Å². The number of halogens is 3. The van der Waals surface area contributed by atoms with Crippen molar-refractivity contribution in [2.75, 3.05) is 6.54 Å². The smallest absolute Gasteiger partial charge is 0.352 e. The molecule has 36 heavy (non-hydrogen) atoms. The van der Waals surface area contributed by atoms with Crippen molar-refractivity contribution in [1.29, 1.82) is 0 Å². The van der Waals surface area contributed by atoms with Crippen LogP contribution in [0.2, 0.25) is 0 Å². The first-order valence-corrected chi connectivity index (χ1v) is 12.1. The van der Waals surface area contributed by atoms with E-state index in [1.807, 2.05) is 42.8 Å². The molecule has 5 rings (SSSR count). The molecule has 1 aromatic carbocycles. The van der Waals surface area contributed by atoms with Gasteiger partial charge in [-0.25, -0.2) is 4.98 Å². The van der Waals surface area contributed by atoms with E-state index in [-0.39, 0.29) is 11.8 Å². The monoisotopic (exact) mass is 496 g/mol. The van der Waals surface area contributed by atoms with Gasteiger partial charge in [0.1, 0.15) is 0 Å². The zero-order valence-electron chi connectivity index (χ0n) is 20.1. The molecule has 0 atom stereocenters. The highest BCUT2D eigenvalue weighted by Crippen LogP contribution is 2.42. The minimum absolute atomic E-state index is 0.144. The maximum absolute atomic E-state index is 13.2. The first kappa shape index (κ1) is 24.0. The topological polar surface area (TPSA) is 77.6 Å². The number of carbonyl (C=O) groups is 1. The van der Waals surface area contributed by atoms with E-state index in [1.54, 1.807) is 12.3 Å². The van der Waals surface area contributed by atoms with Gasteiger partial charge < -0.3 is 5.32 Å². The summed E-state index contributed by atoms with van der Waals surface area (Å²) in [5.41, 5.74) is 3.47. The summed E-state index contributed by atoms with van der Waals surface area (Å²) in [7, 11) is 0. The van der Waals surface area contributed by atoms with Crippen molar-refractivity contribution in [1.82, 2.24) is 29.9 Å². The fraction of sp³-hybridized carbons (Fsp3) is 0.385. The van der Waals surface area contributed by atoms with Crippen LogP contribution >= 0.6 is 0 Å². The number of alkyl halides is 3. The normalized spacial score (nSPS) is 13.9. The molecule has 1 aliphatic rings. The lowest BCUT2D eigenvalue weighted by molar-refractivity contribution is -0.141. The molecule has 3 heterocycles. The van der Waals surface area contributed by atoms with Crippen molar-refractivity contribution >= 4 is 16.8 Å². The number of aromatic nitrogens is 5. The number of carbonyl (C=O) groups excluding carboxylic acids is 1. The number of rotatable bonds is 8. The zero-order chi connectivity index (χ0) is 25.4. The number of para-hydroxylation sites is 1. The number of aryl methyl sites for hydroxylation is 2. The van der Waals surface area contributed by atoms with Crippen LogP contribution in [0.5, 0.6) is 0 Å². The van der Waals surface area contributed by atoms with Gasteiger partial charge in [0, 0.05) is 47.9 Å². The molecular formula is C26H27F3N6O. The van der Waals surface area contributed by atoms with Gasteiger partial charge in [-0.2, -0.15) is 23.4 Å². The van der Waals surface area contributed by atoms with Crippen LogP contribution in [0.3, 0.4) is 0 Å². The summed E-state index contributed by atoms with van der Waals surface area (Å²) in [6, 6.07) is 10.4. The molecule has 0 radical (unpaired) electrons. The molecule has 1 N–H and O–H groups in total. The molecule has 1 aliphatic carbocycles. The third-order valence-electron chi connectivity index (χ3n) is 6.57. The third-order valence-corrected chi connectivity index (χ3v) is 6.57. The fourth-order valence-electron chi connectivity index (χ4n) is 4.50. The maximum atomic E-state index is 13.2. The molecule has 0 bridgehead atoms. The van der Waals surface area contributed by atoms with E-state index in [9.17, 15) is 18.0 Å². The molecule has 0 spiro atoms. The predicted molar refractivity (Wildman–Crippen MR) is 130 cm³/mol. The Balaban J connectivity index is 1.32. The van der Waals surface area contributed by atoms with E-state index >= 15 is 0 Å². The first-order valence-electron chi connectivity index (χ1n) is 12.1. The number of fused-ring (bicyclic) bond motifs is 1. The van der Waals surface area contributed by atoms with E-state index in [1.165, 1.54) is 4.68 Å². The first-order chi connectivity index (χ1) is 17.3. The highest BCUT2D eigenvalue weighted by atomic mass is 19.4. The van der Waals surface area contributed by atoms with Crippen molar-refractivity contribution in [2.45, 2.75) is 58.3 Å². The summed E-state index contributed by atoms with van der Waals surface area (Å²) < 4.78 is 42.7. The van der Waals surface area contributed by atoms with Crippen molar-refractivity contribution in [2.24, 2.45) is 0 Å². The number of hydrogen-bond donors (Lipinski definition) is 1. The van der Waals surface area contributed by atoms with Gasteiger partial charge in [0.25, 0.3) is 5.91 Å². The lowest BCUT2D eigenvalue weighted by atomic mass is 10.0. The van der Waals surface area contributed by atoms with Crippen molar-refractivity contribution < 1.29 is 18.0 Å². The van der Waals surface area contributed by atoms with Crippen LogP contribution in [0, 0.1) is 6.92 Å². The molecule has 0 saturated heterocycles. The van der Waals surface area contributed by atoms with Crippen LogP contribution < -0.4 is 5.32 Å². The molecule has 10 heteroatoms. The molecule has 0 unspecified atom stereocenters. The second kappa shape index (κ2) is 9.40. The lowest BCUT2D eigenvalue weighted by Crippen LogP contribution is -2.26. The van der Waals surface area contributed by atoms with Crippen LogP contribution in [-0.4, -0.2) is 37.0 Å². The van der Waals surface area contributed by atoms with Gasteiger partial charge in [-0.1, -0.05) is 18.2 Å². The highest BCUT2D eigenvalue weighted by molar-refractivity contribution is 6.07. The highest BCUT2D eigenvalue weighted by Gasteiger charge is 2.37. The van der Waals surface area contributed by atoms with Gasteiger partial charge in [0.15, 0.2) is 5.69 Å². The Morgan fingerprint density at radius 2 is 1.94 bits per heavy atom. The summed E-state index contributed by atoms with van der Waals surface area (Å²) in [5.74, 6) is -0.112. The molecule has 4 aromatic rings. The molecule has 188 valence electrons. The number of benzene rings is 1. The average Bonchev–Trinajstić information content (AvgIpc) is 3.49. The standard InChI is InChI=1S/C26H27F3N6O/c1-3-34-16(2)20(15-31-34)22-13-19(18-7-4-5-8-21(18)32-22)25(36)30-11-6-12-35-23(17-9-10-17)14-24(33-35)26(27,28)29/h4-5,7-8,13-15,17H,3,6,9-12H2,1-2H3,(H,30,36).